The lowest BCUT2D eigenvalue weighted by Gasteiger charge is -2.06. The Morgan fingerprint density at radius 2 is 1.92 bits per heavy atom. The van der Waals surface area contributed by atoms with Crippen LogP contribution in [0.5, 0.6) is 5.75 Å². The largest absolute Gasteiger partial charge is 0.508 e. The molecule has 0 spiro atoms. The summed E-state index contributed by atoms with van der Waals surface area (Å²) < 4.78 is 0. The van der Waals surface area contributed by atoms with Gasteiger partial charge in [0.25, 0.3) is 0 Å². The number of hydrogen-bond acceptors (Lipinski definition) is 3. The van der Waals surface area contributed by atoms with E-state index in [-0.39, 0.29) is 6.61 Å². The van der Waals surface area contributed by atoms with E-state index in [4.69, 9.17) is 10.2 Å². The van der Waals surface area contributed by atoms with E-state index in [2.05, 4.69) is 0 Å². The number of rotatable bonds is 4. The molecule has 0 aliphatic heterocycles. The molecule has 1 aromatic carbocycles. The predicted molar refractivity (Wildman–Crippen MR) is 55.1 cm³/mol. The zero-order valence-corrected chi connectivity index (χ0v) is 8.42. The molecule has 2 N–H and O–H groups in total. The lowest BCUT2D eigenvalue weighted by atomic mass is 10.2. The molecule has 2 nitrogen and oxygen atoms in total. The molecule has 0 unspecified atom stereocenters. The van der Waals surface area contributed by atoms with E-state index in [1.165, 1.54) is 0 Å². The van der Waals surface area contributed by atoms with Crippen molar-refractivity contribution in [1.29, 1.82) is 0 Å². The molecular formula is C10H14O2S. The smallest absolute Gasteiger partial charge is 0.115 e. The van der Waals surface area contributed by atoms with Crippen molar-refractivity contribution in [3.8, 4) is 5.75 Å². The first kappa shape index (κ1) is 10.4. The summed E-state index contributed by atoms with van der Waals surface area (Å²) in [6.07, 6.45) is 0. The van der Waals surface area contributed by atoms with Gasteiger partial charge in [-0.15, -0.1) is 11.8 Å². The highest BCUT2D eigenvalue weighted by atomic mass is 32.2. The second-order valence-corrected chi connectivity index (χ2v) is 4.19. The fourth-order valence-corrected chi connectivity index (χ4v) is 1.74. The van der Waals surface area contributed by atoms with Crippen LogP contribution in [0, 0.1) is 5.92 Å². The summed E-state index contributed by atoms with van der Waals surface area (Å²) in [6.45, 7) is 2.23. The molecule has 0 saturated carbocycles. The number of hydrogen-bond donors (Lipinski definition) is 2. The fourth-order valence-electron chi connectivity index (χ4n) is 0.834. The third-order valence-corrected chi connectivity index (χ3v) is 3.02. The summed E-state index contributed by atoms with van der Waals surface area (Å²) >= 11 is 1.69. The minimum atomic E-state index is 0.227. The van der Waals surface area contributed by atoms with Crippen LogP contribution in [0.3, 0.4) is 0 Å². The number of aliphatic hydroxyl groups excluding tert-OH is 1. The zero-order valence-electron chi connectivity index (χ0n) is 7.60. The van der Waals surface area contributed by atoms with Gasteiger partial charge in [-0.3, -0.25) is 0 Å². The average Bonchev–Trinajstić information content (AvgIpc) is 2.16. The lowest BCUT2D eigenvalue weighted by Crippen LogP contribution is -2.02. The first-order chi connectivity index (χ1) is 6.22. The summed E-state index contributed by atoms with van der Waals surface area (Å²) in [6, 6.07) is 7.10. The van der Waals surface area contributed by atoms with Crippen LogP contribution in [0.1, 0.15) is 6.92 Å². The highest BCUT2D eigenvalue weighted by Gasteiger charge is 2.00. The topological polar surface area (TPSA) is 40.5 Å². The van der Waals surface area contributed by atoms with Gasteiger partial charge in [-0.05, 0) is 30.2 Å². The van der Waals surface area contributed by atoms with E-state index in [9.17, 15) is 0 Å². The third kappa shape index (κ3) is 3.70. The highest BCUT2D eigenvalue weighted by Crippen LogP contribution is 2.22. The van der Waals surface area contributed by atoms with Crippen molar-refractivity contribution >= 4 is 11.8 Å². The molecule has 0 radical (unpaired) electrons. The number of phenolic OH excluding ortho intramolecular Hbond substituents is 1. The van der Waals surface area contributed by atoms with Gasteiger partial charge in [0.2, 0.25) is 0 Å². The predicted octanol–water partition coefficient (Wildman–Crippen LogP) is 2.11. The molecule has 0 aromatic heterocycles. The first-order valence-corrected chi connectivity index (χ1v) is 5.23. The Bertz CT molecular complexity index is 246. The molecule has 13 heavy (non-hydrogen) atoms. The highest BCUT2D eigenvalue weighted by molar-refractivity contribution is 7.99. The summed E-state index contributed by atoms with van der Waals surface area (Å²) in [5.41, 5.74) is 0. The first-order valence-electron chi connectivity index (χ1n) is 4.25. The summed E-state index contributed by atoms with van der Waals surface area (Å²) in [5.74, 6) is 1.51. The van der Waals surface area contributed by atoms with Crippen LogP contribution >= 0.6 is 11.8 Å². The second kappa shape index (κ2) is 5.14. The Morgan fingerprint density at radius 1 is 1.31 bits per heavy atom. The molecule has 1 rings (SSSR count). The van der Waals surface area contributed by atoms with E-state index in [0.717, 1.165) is 10.6 Å². The summed E-state index contributed by atoms with van der Waals surface area (Å²) in [4.78, 5) is 1.12. The van der Waals surface area contributed by atoms with Crippen molar-refractivity contribution in [3.05, 3.63) is 24.3 Å². The Labute approximate surface area is 82.6 Å². The Kier molecular flexibility index (Phi) is 4.12. The van der Waals surface area contributed by atoms with E-state index < -0.39 is 0 Å². The van der Waals surface area contributed by atoms with E-state index in [1.807, 2.05) is 19.1 Å². The van der Waals surface area contributed by atoms with Crippen LogP contribution < -0.4 is 0 Å². The van der Waals surface area contributed by atoms with Gasteiger partial charge in [0, 0.05) is 17.3 Å². The SMILES string of the molecule is C[C@@H](CO)CSc1ccc(O)cc1. The number of thioether (sulfide) groups is 1. The maximum atomic E-state index is 9.03. The van der Waals surface area contributed by atoms with Crippen LogP contribution in [-0.2, 0) is 0 Å². The molecule has 0 bridgehead atoms. The molecule has 1 atom stereocenters. The molecule has 3 heteroatoms. The number of aliphatic hydroxyl groups is 1. The molecule has 72 valence electrons. The van der Waals surface area contributed by atoms with Crippen molar-refractivity contribution in [2.24, 2.45) is 5.92 Å². The van der Waals surface area contributed by atoms with Gasteiger partial charge in [-0.2, -0.15) is 0 Å². The molecule has 1 aromatic rings. The molecule has 0 fully saturated rings. The van der Waals surface area contributed by atoms with Crippen LogP contribution in [0.25, 0.3) is 0 Å². The summed E-state index contributed by atoms with van der Waals surface area (Å²) in [5, 5.41) is 17.8. The van der Waals surface area contributed by atoms with Crippen LogP contribution in [0.15, 0.2) is 29.2 Å². The lowest BCUT2D eigenvalue weighted by molar-refractivity contribution is 0.250. The molecule has 0 saturated heterocycles. The van der Waals surface area contributed by atoms with Crippen molar-refractivity contribution in [3.63, 3.8) is 0 Å². The Balaban J connectivity index is 2.41. The van der Waals surface area contributed by atoms with E-state index in [0.29, 0.717) is 11.7 Å². The van der Waals surface area contributed by atoms with Crippen molar-refractivity contribution < 1.29 is 10.2 Å². The number of phenols is 1. The van der Waals surface area contributed by atoms with Crippen molar-refractivity contribution in [2.45, 2.75) is 11.8 Å². The maximum Gasteiger partial charge on any atom is 0.115 e. The Hall–Kier alpha value is -0.670. The zero-order chi connectivity index (χ0) is 9.68. The number of aromatic hydroxyl groups is 1. The molecular weight excluding hydrogens is 184 g/mol. The average molecular weight is 198 g/mol. The maximum absolute atomic E-state index is 9.03. The molecule has 0 heterocycles. The number of benzene rings is 1. The van der Waals surface area contributed by atoms with Crippen LogP contribution in [-0.4, -0.2) is 22.6 Å². The third-order valence-electron chi connectivity index (χ3n) is 1.68. The van der Waals surface area contributed by atoms with E-state index in [1.54, 1.807) is 23.9 Å². The quantitative estimate of drug-likeness (QED) is 0.728. The molecule has 0 amide bonds. The van der Waals surface area contributed by atoms with Crippen LogP contribution in [0.4, 0.5) is 0 Å². The molecule has 0 aliphatic carbocycles. The van der Waals surface area contributed by atoms with Gasteiger partial charge < -0.3 is 10.2 Å². The van der Waals surface area contributed by atoms with Crippen molar-refractivity contribution in [2.75, 3.05) is 12.4 Å². The fraction of sp³-hybridized carbons (Fsp3) is 0.400. The van der Waals surface area contributed by atoms with Crippen LogP contribution in [0.2, 0.25) is 0 Å². The minimum absolute atomic E-state index is 0.227. The normalized spacial score (nSPS) is 12.8. The molecule has 0 aliphatic rings. The van der Waals surface area contributed by atoms with Gasteiger partial charge in [0.05, 0.1) is 0 Å². The van der Waals surface area contributed by atoms with Gasteiger partial charge in [0.15, 0.2) is 0 Å². The Morgan fingerprint density at radius 3 is 2.46 bits per heavy atom. The van der Waals surface area contributed by atoms with Gasteiger partial charge in [0.1, 0.15) is 5.75 Å². The second-order valence-electron chi connectivity index (χ2n) is 3.09. The van der Waals surface area contributed by atoms with Gasteiger partial charge in [-0.1, -0.05) is 6.92 Å². The van der Waals surface area contributed by atoms with Gasteiger partial charge >= 0.3 is 0 Å². The standard InChI is InChI=1S/C10H14O2S/c1-8(6-11)7-13-10-4-2-9(12)3-5-10/h2-5,8,11-12H,6-7H2,1H3/t8-/m0/s1. The monoisotopic (exact) mass is 198 g/mol. The van der Waals surface area contributed by atoms with Gasteiger partial charge in [-0.25, -0.2) is 0 Å². The van der Waals surface area contributed by atoms with E-state index >= 15 is 0 Å². The summed E-state index contributed by atoms with van der Waals surface area (Å²) in [7, 11) is 0. The van der Waals surface area contributed by atoms with Crippen molar-refractivity contribution in [1.82, 2.24) is 0 Å². The minimum Gasteiger partial charge on any atom is -0.508 e.